The van der Waals surface area contributed by atoms with E-state index in [-0.39, 0.29) is 12.2 Å². The van der Waals surface area contributed by atoms with Crippen LogP contribution in [0.2, 0.25) is 0 Å². The lowest BCUT2D eigenvalue weighted by molar-refractivity contribution is -0.136. The predicted molar refractivity (Wildman–Crippen MR) is 81.3 cm³/mol. The summed E-state index contributed by atoms with van der Waals surface area (Å²) >= 11 is 0. The first kappa shape index (κ1) is 14.3. The molecule has 0 unspecified atom stereocenters. The zero-order valence-corrected chi connectivity index (χ0v) is 12.1. The zero-order valence-electron chi connectivity index (χ0n) is 12.1. The number of carbonyl (C=O) groups is 1. The smallest absolute Gasteiger partial charge is 0.311 e. The van der Waals surface area contributed by atoms with Crippen molar-refractivity contribution in [1.29, 1.82) is 0 Å². The number of aryl methyl sites for hydroxylation is 1. The average Bonchev–Trinajstić information content (AvgIpc) is 2.77. The molecule has 0 saturated heterocycles. The number of aliphatic carboxylic acids is 1. The lowest BCUT2D eigenvalue weighted by Crippen LogP contribution is -2.10. The van der Waals surface area contributed by atoms with E-state index in [4.69, 9.17) is 5.11 Å². The molecular formula is C17H15FN2O2. The number of aromatic nitrogens is 2. The Kier molecular flexibility index (Phi) is 3.63. The van der Waals surface area contributed by atoms with Gasteiger partial charge in [0, 0.05) is 12.6 Å². The van der Waals surface area contributed by atoms with Gasteiger partial charge in [0.2, 0.25) is 0 Å². The van der Waals surface area contributed by atoms with Gasteiger partial charge < -0.3 is 9.67 Å². The van der Waals surface area contributed by atoms with E-state index in [0.29, 0.717) is 17.9 Å². The molecule has 0 bridgehead atoms. The second kappa shape index (κ2) is 5.60. The van der Waals surface area contributed by atoms with E-state index in [1.807, 2.05) is 35.8 Å². The highest BCUT2D eigenvalue weighted by molar-refractivity contribution is 5.78. The van der Waals surface area contributed by atoms with Crippen LogP contribution in [0.3, 0.4) is 0 Å². The molecule has 0 fully saturated rings. The van der Waals surface area contributed by atoms with Crippen LogP contribution < -0.4 is 0 Å². The first-order chi connectivity index (χ1) is 10.5. The van der Waals surface area contributed by atoms with E-state index < -0.39 is 5.97 Å². The van der Waals surface area contributed by atoms with E-state index in [2.05, 4.69) is 4.98 Å². The van der Waals surface area contributed by atoms with Crippen molar-refractivity contribution in [3.63, 3.8) is 0 Å². The fraction of sp³-hybridized carbons (Fsp3) is 0.176. The van der Waals surface area contributed by atoms with Gasteiger partial charge in [-0.25, -0.2) is 9.37 Å². The van der Waals surface area contributed by atoms with Crippen molar-refractivity contribution < 1.29 is 14.3 Å². The Balaban J connectivity index is 2.08. The second-order valence-electron chi connectivity index (χ2n) is 5.30. The number of hydrogen-bond donors (Lipinski definition) is 1. The SMILES string of the molecule is Cc1ccc(Cn2c(CC(=O)O)nc3cc(F)ccc32)cc1. The van der Waals surface area contributed by atoms with Crippen molar-refractivity contribution in [2.45, 2.75) is 19.9 Å². The summed E-state index contributed by atoms with van der Waals surface area (Å²) in [5.41, 5.74) is 3.41. The predicted octanol–water partition coefficient (Wildman–Crippen LogP) is 3.16. The minimum absolute atomic E-state index is 0.192. The Morgan fingerprint density at radius 1 is 1.23 bits per heavy atom. The van der Waals surface area contributed by atoms with Crippen LogP contribution in [0, 0.1) is 12.7 Å². The summed E-state index contributed by atoms with van der Waals surface area (Å²) in [6.45, 7) is 2.51. The van der Waals surface area contributed by atoms with Crippen molar-refractivity contribution in [3.8, 4) is 0 Å². The van der Waals surface area contributed by atoms with Gasteiger partial charge in [0.1, 0.15) is 18.1 Å². The number of carboxylic acid groups (broad SMARTS) is 1. The lowest BCUT2D eigenvalue weighted by atomic mass is 10.1. The number of carboxylic acids is 1. The molecule has 0 aliphatic carbocycles. The van der Waals surface area contributed by atoms with Crippen molar-refractivity contribution in [2.24, 2.45) is 0 Å². The van der Waals surface area contributed by atoms with Gasteiger partial charge in [-0.2, -0.15) is 0 Å². The van der Waals surface area contributed by atoms with Gasteiger partial charge in [0.05, 0.1) is 11.0 Å². The molecule has 3 aromatic rings. The number of nitrogens with zero attached hydrogens (tertiary/aromatic N) is 2. The Hall–Kier alpha value is -2.69. The van der Waals surface area contributed by atoms with Crippen LogP contribution in [0.1, 0.15) is 17.0 Å². The molecule has 1 N–H and O–H groups in total. The van der Waals surface area contributed by atoms with Crippen LogP contribution in [-0.2, 0) is 17.8 Å². The lowest BCUT2D eigenvalue weighted by Gasteiger charge is -2.09. The molecule has 0 spiro atoms. The molecule has 0 amide bonds. The summed E-state index contributed by atoms with van der Waals surface area (Å²) < 4.78 is 15.2. The van der Waals surface area contributed by atoms with Gasteiger partial charge in [-0.1, -0.05) is 29.8 Å². The maximum Gasteiger partial charge on any atom is 0.311 e. The Morgan fingerprint density at radius 2 is 1.95 bits per heavy atom. The molecule has 3 rings (SSSR count). The maximum absolute atomic E-state index is 13.3. The van der Waals surface area contributed by atoms with Gasteiger partial charge in [-0.3, -0.25) is 4.79 Å². The summed E-state index contributed by atoms with van der Waals surface area (Å²) in [6.07, 6.45) is -0.192. The normalized spacial score (nSPS) is 11.0. The Morgan fingerprint density at radius 3 is 2.64 bits per heavy atom. The molecule has 2 aromatic carbocycles. The van der Waals surface area contributed by atoms with Gasteiger partial charge in [-0.05, 0) is 24.6 Å². The molecule has 0 atom stereocenters. The number of rotatable bonds is 4. The van der Waals surface area contributed by atoms with Crippen LogP contribution in [-0.4, -0.2) is 20.6 Å². The molecule has 22 heavy (non-hydrogen) atoms. The summed E-state index contributed by atoms with van der Waals surface area (Å²) in [5, 5.41) is 9.05. The summed E-state index contributed by atoms with van der Waals surface area (Å²) in [6, 6.07) is 12.3. The van der Waals surface area contributed by atoms with Gasteiger partial charge in [0.25, 0.3) is 0 Å². The van der Waals surface area contributed by atoms with Crippen LogP contribution in [0.15, 0.2) is 42.5 Å². The summed E-state index contributed by atoms with van der Waals surface area (Å²) in [4.78, 5) is 15.3. The standard InChI is InChI=1S/C17H15FN2O2/c1-11-2-4-12(5-3-11)10-20-15-7-6-13(18)8-14(15)19-16(20)9-17(21)22/h2-8H,9-10H2,1H3,(H,21,22). The van der Waals surface area contributed by atoms with Crippen molar-refractivity contribution in [2.75, 3.05) is 0 Å². The topological polar surface area (TPSA) is 55.1 Å². The first-order valence-corrected chi connectivity index (χ1v) is 6.95. The molecule has 1 aromatic heterocycles. The molecule has 4 nitrogen and oxygen atoms in total. The zero-order chi connectivity index (χ0) is 15.7. The molecule has 0 aliphatic rings. The first-order valence-electron chi connectivity index (χ1n) is 6.95. The quantitative estimate of drug-likeness (QED) is 0.805. The monoisotopic (exact) mass is 298 g/mol. The highest BCUT2D eigenvalue weighted by Gasteiger charge is 2.14. The summed E-state index contributed by atoms with van der Waals surface area (Å²) in [7, 11) is 0. The summed E-state index contributed by atoms with van der Waals surface area (Å²) in [5.74, 6) is -0.913. The largest absolute Gasteiger partial charge is 0.481 e. The maximum atomic E-state index is 13.3. The Labute approximate surface area is 126 Å². The average molecular weight is 298 g/mol. The van der Waals surface area contributed by atoms with Gasteiger partial charge >= 0.3 is 5.97 Å². The highest BCUT2D eigenvalue weighted by Crippen LogP contribution is 2.20. The van der Waals surface area contributed by atoms with Gasteiger partial charge in [0.15, 0.2) is 0 Å². The fourth-order valence-corrected chi connectivity index (χ4v) is 2.48. The van der Waals surface area contributed by atoms with E-state index >= 15 is 0 Å². The van der Waals surface area contributed by atoms with E-state index in [9.17, 15) is 9.18 Å². The Bertz CT molecular complexity index is 838. The van der Waals surface area contributed by atoms with Crippen molar-refractivity contribution >= 4 is 17.0 Å². The van der Waals surface area contributed by atoms with E-state index in [1.54, 1.807) is 6.07 Å². The third-order valence-corrected chi connectivity index (χ3v) is 3.56. The molecule has 0 aliphatic heterocycles. The molecule has 5 heteroatoms. The minimum Gasteiger partial charge on any atom is -0.481 e. The van der Waals surface area contributed by atoms with Crippen molar-refractivity contribution in [3.05, 3.63) is 65.2 Å². The van der Waals surface area contributed by atoms with E-state index in [1.165, 1.54) is 12.1 Å². The molecular weight excluding hydrogens is 283 g/mol. The molecule has 112 valence electrons. The van der Waals surface area contributed by atoms with Crippen LogP contribution in [0.25, 0.3) is 11.0 Å². The van der Waals surface area contributed by atoms with Gasteiger partial charge in [-0.15, -0.1) is 0 Å². The van der Waals surface area contributed by atoms with Crippen LogP contribution >= 0.6 is 0 Å². The highest BCUT2D eigenvalue weighted by atomic mass is 19.1. The molecule has 1 heterocycles. The second-order valence-corrected chi connectivity index (χ2v) is 5.30. The van der Waals surface area contributed by atoms with Crippen LogP contribution in [0.5, 0.6) is 0 Å². The third kappa shape index (κ3) is 2.83. The minimum atomic E-state index is -0.957. The number of hydrogen-bond acceptors (Lipinski definition) is 2. The molecule has 0 radical (unpaired) electrons. The van der Waals surface area contributed by atoms with Crippen molar-refractivity contribution in [1.82, 2.24) is 9.55 Å². The van der Waals surface area contributed by atoms with Crippen LogP contribution in [0.4, 0.5) is 4.39 Å². The van der Waals surface area contributed by atoms with E-state index in [0.717, 1.165) is 16.6 Å². The number of halogens is 1. The molecule has 0 saturated carbocycles. The fourth-order valence-electron chi connectivity index (χ4n) is 2.48. The number of benzene rings is 2. The number of imidazole rings is 1. The number of fused-ring (bicyclic) bond motifs is 1. The third-order valence-electron chi connectivity index (χ3n) is 3.56.